The molecule has 0 unspecified atom stereocenters. The monoisotopic (exact) mass is 298 g/mol. The van der Waals surface area contributed by atoms with Crippen molar-refractivity contribution in [2.45, 2.75) is 64.7 Å². The standard InChI is InChI=1S/C16H27O3P/c1-2-3-4-5-6-7-8-9-10-15-11-13-16(14-12-15)20(17,18)19/h11-14H,2-10H2,1H3,(H2,17,18,19). The molecule has 0 radical (unpaired) electrons. The van der Waals surface area contributed by atoms with Crippen molar-refractivity contribution in [3.05, 3.63) is 29.8 Å². The number of unbranched alkanes of at least 4 members (excludes halogenated alkanes) is 7. The van der Waals surface area contributed by atoms with Crippen LogP contribution in [-0.2, 0) is 11.0 Å². The van der Waals surface area contributed by atoms with E-state index in [1.54, 1.807) is 12.1 Å². The highest BCUT2D eigenvalue weighted by molar-refractivity contribution is 7.60. The molecule has 1 aromatic carbocycles. The molecule has 1 aromatic rings. The molecule has 4 heteroatoms. The number of rotatable bonds is 10. The summed E-state index contributed by atoms with van der Waals surface area (Å²) in [6.45, 7) is 2.23. The van der Waals surface area contributed by atoms with Crippen molar-refractivity contribution in [1.82, 2.24) is 0 Å². The second-order valence-electron chi connectivity index (χ2n) is 5.44. The van der Waals surface area contributed by atoms with Crippen molar-refractivity contribution >= 4 is 12.9 Å². The van der Waals surface area contributed by atoms with Crippen LogP contribution in [0.15, 0.2) is 24.3 Å². The highest BCUT2D eigenvalue weighted by atomic mass is 31.2. The third-order valence-electron chi connectivity index (χ3n) is 3.59. The van der Waals surface area contributed by atoms with Crippen LogP contribution in [0.25, 0.3) is 0 Å². The molecule has 0 spiro atoms. The molecule has 0 aliphatic heterocycles. The average molecular weight is 298 g/mol. The predicted molar refractivity (Wildman–Crippen MR) is 84.4 cm³/mol. The molecule has 0 atom stereocenters. The van der Waals surface area contributed by atoms with Crippen LogP contribution in [0.5, 0.6) is 0 Å². The summed E-state index contributed by atoms with van der Waals surface area (Å²) in [6, 6.07) is 6.74. The van der Waals surface area contributed by atoms with Crippen molar-refractivity contribution in [1.29, 1.82) is 0 Å². The molecule has 0 saturated carbocycles. The molecule has 0 fully saturated rings. The second kappa shape index (κ2) is 9.33. The summed E-state index contributed by atoms with van der Waals surface area (Å²) in [6.07, 6.45) is 11.4. The van der Waals surface area contributed by atoms with Crippen molar-refractivity contribution in [2.75, 3.05) is 0 Å². The van der Waals surface area contributed by atoms with E-state index in [-0.39, 0.29) is 5.30 Å². The maximum Gasteiger partial charge on any atom is 0.356 e. The van der Waals surface area contributed by atoms with Crippen LogP contribution < -0.4 is 5.30 Å². The molecule has 20 heavy (non-hydrogen) atoms. The molecule has 1 rings (SSSR count). The Kier molecular flexibility index (Phi) is 8.13. The zero-order valence-corrected chi connectivity index (χ0v) is 13.3. The topological polar surface area (TPSA) is 57.5 Å². The first-order valence-corrected chi connectivity index (χ1v) is 9.30. The van der Waals surface area contributed by atoms with Crippen LogP contribution >= 0.6 is 7.60 Å². The first-order valence-electron chi connectivity index (χ1n) is 7.69. The number of hydrogen-bond donors (Lipinski definition) is 2. The normalized spacial score (nSPS) is 11.8. The van der Waals surface area contributed by atoms with Gasteiger partial charge in [0, 0.05) is 0 Å². The molecule has 3 nitrogen and oxygen atoms in total. The maximum atomic E-state index is 11.0. The van der Waals surface area contributed by atoms with Crippen LogP contribution in [0.2, 0.25) is 0 Å². The zero-order chi connectivity index (χ0) is 14.8. The van der Waals surface area contributed by atoms with Crippen molar-refractivity contribution in [3.63, 3.8) is 0 Å². The van der Waals surface area contributed by atoms with Crippen LogP contribution in [-0.4, -0.2) is 9.79 Å². The lowest BCUT2D eigenvalue weighted by atomic mass is 10.0. The van der Waals surface area contributed by atoms with Crippen molar-refractivity contribution < 1.29 is 14.4 Å². The zero-order valence-electron chi connectivity index (χ0n) is 12.4. The van der Waals surface area contributed by atoms with E-state index in [2.05, 4.69) is 6.92 Å². The highest BCUT2D eigenvalue weighted by Crippen LogP contribution is 2.32. The molecule has 2 N–H and O–H groups in total. The molecule has 0 amide bonds. The summed E-state index contributed by atoms with van der Waals surface area (Å²) in [7, 11) is -4.09. The summed E-state index contributed by atoms with van der Waals surface area (Å²) in [4.78, 5) is 18.1. The fourth-order valence-corrected chi connectivity index (χ4v) is 2.86. The molecule has 114 valence electrons. The van der Waals surface area contributed by atoms with E-state index in [0.29, 0.717) is 0 Å². The van der Waals surface area contributed by atoms with Gasteiger partial charge in [-0.15, -0.1) is 0 Å². The van der Waals surface area contributed by atoms with Gasteiger partial charge < -0.3 is 9.79 Å². The van der Waals surface area contributed by atoms with Crippen LogP contribution in [0.4, 0.5) is 0 Å². The molecule has 0 aliphatic carbocycles. The summed E-state index contributed by atoms with van der Waals surface area (Å²) in [5, 5.41) is 0.108. The maximum absolute atomic E-state index is 11.0. The van der Waals surface area contributed by atoms with Gasteiger partial charge in [-0.2, -0.15) is 0 Å². The van der Waals surface area contributed by atoms with E-state index in [1.165, 1.54) is 44.9 Å². The van der Waals surface area contributed by atoms with E-state index in [0.717, 1.165) is 18.4 Å². The molecular weight excluding hydrogens is 271 g/mol. The van der Waals surface area contributed by atoms with Gasteiger partial charge in [0.05, 0.1) is 5.30 Å². The summed E-state index contributed by atoms with van der Waals surface area (Å²) in [5.74, 6) is 0. The number of aryl methyl sites for hydroxylation is 1. The largest absolute Gasteiger partial charge is 0.356 e. The van der Waals surface area contributed by atoms with Gasteiger partial charge in [0.25, 0.3) is 0 Å². The first-order chi connectivity index (χ1) is 9.54. The van der Waals surface area contributed by atoms with Crippen LogP contribution in [0, 0.1) is 0 Å². The second-order valence-corrected chi connectivity index (χ2v) is 7.04. The summed E-state index contributed by atoms with van der Waals surface area (Å²) in [5.41, 5.74) is 1.16. The Morgan fingerprint density at radius 2 is 1.35 bits per heavy atom. The smallest absolute Gasteiger partial charge is 0.321 e. The van der Waals surface area contributed by atoms with Crippen molar-refractivity contribution in [3.8, 4) is 0 Å². The Hall–Kier alpha value is -0.630. The average Bonchev–Trinajstić information content (AvgIpc) is 2.41. The minimum absolute atomic E-state index is 0.108. The number of hydrogen-bond acceptors (Lipinski definition) is 1. The third-order valence-corrected chi connectivity index (χ3v) is 4.56. The Balaban J connectivity index is 2.15. The van der Waals surface area contributed by atoms with E-state index in [4.69, 9.17) is 9.79 Å². The van der Waals surface area contributed by atoms with E-state index in [1.807, 2.05) is 12.1 Å². The first kappa shape index (κ1) is 17.4. The van der Waals surface area contributed by atoms with Gasteiger partial charge in [-0.25, -0.2) is 0 Å². The quantitative estimate of drug-likeness (QED) is 0.503. The van der Waals surface area contributed by atoms with Gasteiger partial charge in [0.1, 0.15) is 0 Å². The fraction of sp³-hybridized carbons (Fsp3) is 0.625. The molecule has 0 aliphatic rings. The van der Waals surface area contributed by atoms with E-state index < -0.39 is 7.60 Å². The lowest BCUT2D eigenvalue weighted by molar-refractivity contribution is 0.387. The van der Waals surface area contributed by atoms with Crippen molar-refractivity contribution in [2.24, 2.45) is 0 Å². The van der Waals surface area contributed by atoms with Crippen LogP contribution in [0.3, 0.4) is 0 Å². The Morgan fingerprint density at radius 3 is 1.85 bits per heavy atom. The van der Waals surface area contributed by atoms with Gasteiger partial charge >= 0.3 is 7.60 Å². The predicted octanol–water partition coefficient (Wildman–Crippen LogP) is 4.17. The van der Waals surface area contributed by atoms with Gasteiger partial charge in [-0.05, 0) is 30.5 Å². The molecule has 0 aromatic heterocycles. The van der Waals surface area contributed by atoms with Gasteiger partial charge in [0.2, 0.25) is 0 Å². The minimum Gasteiger partial charge on any atom is -0.321 e. The number of benzene rings is 1. The van der Waals surface area contributed by atoms with Gasteiger partial charge in [0.15, 0.2) is 0 Å². The summed E-state index contributed by atoms with van der Waals surface area (Å²) >= 11 is 0. The highest BCUT2D eigenvalue weighted by Gasteiger charge is 2.15. The fourth-order valence-electron chi connectivity index (χ4n) is 2.32. The Labute approximate surface area is 122 Å². The molecule has 0 saturated heterocycles. The molecular formula is C16H27O3P. The minimum atomic E-state index is -4.09. The summed E-state index contributed by atoms with van der Waals surface area (Å²) < 4.78 is 11.0. The molecule has 0 heterocycles. The molecule has 0 bridgehead atoms. The lowest BCUT2D eigenvalue weighted by Gasteiger charge is -2.06. The van der Waals surface area contributed by atoms with Gasteiger partial charge in [-0.3, -0.25) is 4.57 Å². The third kappa shape index (κ3) is 7.23. The lowest BCUT2D eigenvalue weighted by Crippen LogP contribution is -2.03. The Bertz CT molecular complexity index is 408. The van der Waals surface area contributed by atoms with Gasteiger partial charge in [-0.1, -0.05) is 64.0 Å². The Morgan fingerprint density at radius 1 is 0.850 bits per heavy atom. The SMILES string of the molecule is CCCCCCCCCCc1ccc(P(=O)(O)O)cc1. The van der Waals surface area contributed by atoms with E-state index >= 15 is 0 Å². The van der Waals surface area contributed by atoms with E-state index in [9.17, 15) is 4.57 Å². The van der Waals surface area contributed by atoms with Crippen LogP contribution in [0.1, 0.15) is 63.9 Å².